The number of aromatic nitrogens is 4. The molecule has 0 radical (unpaired) electrons. The van der Waals surface area contributed by atoms with E-state index >= 15 is 0 Å². The van der Waals surface area contributed by atoms with Crippen LogP contribution in [-0.2, 0) is 0 Å². The molecule has 13 rings (SSSR count). The van der Waals surface area contributed by atoms with E-state index in [0.717, 1.165) is 130 Å². The van der Waals surface area contributed by atoms with Gasteiger partial charge in [0.15, 0.2) is 0 Å². The molecule has 0 aliphatic carbocycles. The zero-order valence-corrected chi connectivity index (χ0v) is 33.8. The third kappa shape index (κ3) is 5.21. The number of benzene rings is 4. The van der Waals surface area contributed by atoms with Crippen molar-refractivity contribution in [3.8, 4) is 0 Å². The van der Waals surface area contributed by atoms with Crippen LogP contribution in [0.15, 0.2) is 92.8 Å². The predicted octanol–water partition coefficient (Wildman–Crippen LogP) is 8.13. The third-order valence-electron chi connectivity index (χ3n) is 13.7. The lowest BCUT2D eigenvalue weighted by molar-refractivity contribution is 0.896. The smallest absolute Gasteiger partial charge is 0.144 e. The second-order valence-electron chi connectivity index (χ2n) is 17.3. The second-order valence-corrected chi connectivity index (χ2v) is 17.3. The normalized spacial score (nSPS) is 18.0. The summed E-state index contributed by atoms with van der Waals surface area (Å²) in [6.07, 6.45) is 9.60. The summed E-state index contributed by atoms with van der Waals surface area (Å²) in [6, 6.07) is 25.3. The van der Waals surface area contributed by atoms with Crippen molar-refractivity contribution in [1.29, 1.82) is 0 Å². The van der Waals surface area contributed by atoms with Gasteiger partial charge in [-0.25, -0.2) is 20.0 Å². The summed E-state index contributed by atoms with van der Waals surface area (Å²) in [6.45, 7) is 8.41. The highest BCUT2D eigenvalue weighted by Crippen LogP contribution is 2.53. The number of rotatable bonds is 4. The first-order chi connectivity index (χ1) is 29.7. The van der Waals surface area contributed by atoms with Gasteiger partial charge in [-0.05, 0) is 51.4 Å². The summed E-state index contributed by atoms with van der Waals surface area (Å²) in [5, 5.41) is 8.44. The van der Waals surface area contributed by atoms with E-state index in [1.54, 1.807) is 0 Å². The molecule has 0 unspecified atom stereocenters. The van der Waals surface area contributed by atoms with E-state index in [1.807, 2.05) is 0 Å². The molecule has 0 amide bonds. The fourth-order valence-electron chi connectivity index (χ4n) is 10.9. The van der Waals surface area contributed by atoms with Crippen LogP contribution in [0.3, 0.4) is 0 Å². The van der Waals surface area contributed by atoms with E-state index in [4.69, 9.17) is 20.0 Å². The van der Waals surface area contributed by atoms with Crippen LogP contribution in [0.1, 0.15) is 51.4 Å². The molecule has 0 atom stereocenters. The minimum Gasteiger partial charge on any atom is -0.369 e. The van der Waals surface area contributed by atoms with E-state index in [9.17, 15) is 0 Å². The molecular formula is C48H48N12. The van der Waals surface area contributed by atoms with Crippen molar-refractivity contribution in [2.45, 2.75) is 51.4 Å². The van der Waals surface area contributed by atoms with Crippen molar-refractivity contribution in [3.05, 3.63) is 94.7 Å². The number of fused-ring (bicyclic) bond motifs is 20. The van der Waals surface area contributed by atoms with E-state index < -0.39 is 0 Å². The highest BCUT2D eigenvalue weighted by atomic mass is 15.3. The van der Waals surface area contributed by atoms with Gasteiger partial charge in [-0.2, -0.15) is 0 Å². The standard InChI is InChI=1S/C48H48N12/c1-2-16-30-29(15-1)41-49-42(30)51-44-32-18-4-6-20-34(32)46(53-44)55-48-36-35(47(56-48)54-45-33-19-5-3-17-31(33)43(50-41)52-45)37(57-21-7-8-22-57)39(59-25-11-12-26-59)40(60-27-13-14-28-60)38(36)58-23-9-10-24-58/h1-6,15-20H,7-14,21-28H2,(H4,49,50,51,52,53,54,55,56). The first kappa shape index (κ1) is 34.3. The summed E-state index contributed by atoms with van der Waals surface area (Å²) in [7, 11) is 0. The van der Waals surface area contributed by atoms with Crippen LogP contribution in [0.2, 0.25) is 0 Å². The molecule has 0 spiro atoms. The summed E-state index contributed by atoms with van der Waals surface area (Å²) in [5.41, 5.74) is 8.62. The van der Waals surface area contributed by atoms with Crippen molar-refractivity contribution >= 4 is 89.1 Å². The molecule has 8 aromatic rings. The molecule has 300 valence electrons. The first-order valence-electron chi connectivity index (χ1n) is 22.2. The maximum Gasteiger partial charge on any atom is 0.144 e. The maximum atomic E-state index is 5.70. The van der Waals surface area contributed by atoms with Gasteiger partial charge in [0.05, 0.1) is 33.5 Å². The largest absolute Gasteiger partial charge is 0.369 e. The lowest BCUT2D eigenvalue weighted by Gasteiger charge is -2.37. The molecule has 5 aliphatic heterocycles. The number of H-pyrrole nitrogens is 4. The molecule has 4 saturated heterocycles. The van der Waals surface area contributed by atoms with Gasteiger partial charge >= 0.3 is 0 Å². The van der Waals surface area contributed by atoms with Gasteiger partial charge in [-0.1, -0.05) is 72.8 Å². The predicted molar refractivity (Wildman–Crippen MR) is 242 cm³/mol. The Balaban J connectivity index is 1.25. The number of hydrogen-bond donors (Lipinski definition) is 4. The van der Waals surface area contributed by atoms with Crippen LogP contribution >= 0.6 is 0 Å². The van der Waals surface area contributed by atoms with Crippen molar-refractivity contribution in [3.63, 3.8) is 0 Å². The van der Waals surface area contributed by atoms with Crippen LogP contribution in [-0.4, -0.2) is 72.3 Å². The summed E-state index contributed by atoms with van der Waals surface area (Å²) < 4.78 is 0. The molecule has 4 aromatic carbocycles. The van der Waals surface area contributed by atoms with Crippen molar-refractivity contribution < 1.29 is 0 Å². The van der Waals surface area contributed by atoms with Gasteiger partial charge in [-0.15, -0.1) is 0 Å². The highest BCUT2D eigenvalue weighted by molar-refractivity contribution is 6.15. The minimum atomic E-state index is 0.750. The van der Waals surface area contributed by atoms with Crippen molar-refractivity contribution in [2.24, 2.45) is 20.0 Å². The Hall–Kier alpha value is -6.56. The quantitative estimate of drug-likeness (QED) is 0.144. The van der Waals surface area contributed by atoms with Crippen LogP contribution in [0.4, 0.5) is 46.0 Å². The molecule has 4 fully saturated rings. The minimum absolute atomic E-state index is 0.750. The summed E-state index contributed by atoms with van der Waals surface area (Å²) in [5.74, 6) is 3.08. The Morgan fingerprint density at radius 1 is 0.300 bits per heavy atom. The lowest BCUT2D eigenvalue weighted by Crippen LogP contribution is -2.32. The highest BCUT2D eigenvalue weighted by Gasteiger charge is 2.36. The Kier molecular flexibility index (Phi) is 7.71. The fraction of sp³-hybridized carbons (Fsp3) is 0.333. The molecule has 5 aliphatic rings. The van der Waals surface area contributed by atoms with Crippen LogP contribution in [0.25, 0.3) is 43.1 Å². The van der Waals surface area contributed by atoms with Crippen molar-refractivity contribution in [2.75, 3.05) is 72.0 Å². The fourth-order valence-corrected chi connectivity index (χ4v) is 10.9. The molecular weight excluding hydrogens is 745 g/mol. The number of nitrogens with one attached hydrogen (secondary N) is 4. The molecule has 9 heterocycles. The molecule has 0 saturated carbocycles. The van der Waals surface area contributed by atoms with Gasteiger partial charge in [-0.3, -0.25) is 0 Å². The Labute approximate surface area is 346 Å². The molecule has 12 nitrogen and oxygen atoms in total. The number of nitrogens with zero attached hydrogens (tertiary/aromatic N) is 8. The van der Waals surface area contributed by atoms with Crippen molar-refractivity contribution in [1.82, 2.24) is 19.9 Å². The number of aromatic amines is 4. The topological polar surface area (TPSA) is 126 Å². The summed E-state index contributed by atoms with van der Waals surface area (Å²) >= 11 is 0. The van der Waals surface area contributed by atoms with E-state index in [1.165, 1.54) is 84.9 Å². The van der Waals surface area contributed by atoms with E-state index in [0.29, 0.717) is 0 Å². The third-order valence-corrected chi connectivity index (χ3v) is 13.7. The van der Waals surface area contributed by atoms with Gasteiger partial charge in [0.1, 0.15) is 45.2 Å². The summed E-state index contributed by atoms with van der Waals surface area (Å²) in [4.78, 5) is 47.9. The van der Waals surface area contributed by atoms with Crippen LogP contribution in [0.5, 0.6) is 0 Å². The SMILES string of the molecule is c1ccc2c3[nH]c(c2c1)N=c1[nH]c(c2ccccc12)=Nc1[nH]c(c2ccccc12)N=c1[nH]c(c2c(N4CCCC4)c(N4CCCC4)c(N4CCCC4)c(N4CCCC4)c12)=N3. The van der Waals surface area contributed by atoms with Gasteiger partial charge in [0.25, 0.3) is 0 Å². The Morgan fingerprint density at radius 3 is 0.900 bits per heavy atom. The monoisotopic (exact) mass is 792 g/mol. The molecule has 8 bridgehead atoms. The van der Waals surface area contributed by atoms with Gasteiger partial charge in [0.2, 0.25) is 0 Å². The van der Waals surface area contributed by atoms with Gasteiger partial charge in [0, 0.05) is 84.7 Å². The molecule has 4 N–H and O–H groups in total. The maximum absolute atomic E-state index is 5.70. The van der Waals surface area contributed by atoms with Gasteiger partial charge < -0.3 is 39.5 Å². The Bertz CT molecular complexity index is 3050. The molecule has 12 heteroatoms. The average molecular weight is 793 g/mol. The van der Waals surface area contributed by atoms with Crippen LogP contribution < -0.4 is 41.6 Å². The van der Waals surface area contributed by atoms with E-state index in [2.05, 4.69) is 112 Å². The average Bonchev–Trinajstić information content (AvgIpc) is 4.13. The first-order valence-corrected chi connectivity index (χ1v) is 22.2. The second kappa shape index (κ2) is 13.5. The molecule has 60 heavy (non-hydrogen) atoms. The lowest BCUT2D eigenvalue weighted by atomic mass is 10.0. The van der Waals surface area contributed by atoms with Crippen LogP contribution in [0, 0.1) is 0 Å². The molecule has 4 aromatic heterocycles. The number of anilines is 4. The Morgan fingerprint density at radius 2 is 0.567 bits per heavy atom. The number of hydrogen-bond acceptors (Lipinski definition) is 8. The van der Waals surface area contributed by atoms with E-state index in [-0.39, 0.29) is 0 Å². The zero-order chi connectivity index (χ0) is 39.3. The zero-order valence-electron chi connectivity index (χ0n) is 33.8.